The van der Waals surface area contributed by atoms with Crippen LogP contribution in [-0.4, -0.2) is 24.4 Å². The van der Waals surface area contributed by atoms with Gasteiger partial charge in [0.25, 0.3) is 5.91 Å². The van der Waals surface area contributed by atoms with Crippen LogP contribution in [0.5, 0.6) is 0 Å². The van der Waals surface area contributed by atoms with Gasteiger partial charge in [0.2, 0.25) is 5.91 Å². The van der Waals surface area contributed by atoms with E-state index in [0.717, 1.165) is 4.47 Å². The largest absolute Gasteiger partial charge is 0.340 e. The summed E-state index contributed by atoms with van der Waals surface area (Å²) in [5.74, 6) is -0.806. The first-order valence-electron chi connectivity index (χ1n) is 7.18. The molecule has 2 aromatic rings. The number of rotatable bonds is 3. The second kappa shape index (κ2) is 6.50. The summed E-state index contributed by atoms with van der Waals surface area (Å²) in [4.78, 5) is 26.2. The number of hydrogen-bond donors (Lipinski definition) is 1. The summed E-state index contributed by atoms with van der Waals surface area (Å²) >= 11 is 3.31. The van der Waals surface area contributed by atoms with Crippen molar-refractivity contribution < 1.29 is 14.0 Å². The predicted molar refractivity (Wildman–Crippen MR) is 88.8 cm³/mol. The maximum atomic E-state index is 13.0. The van der Waals surface area contributed by atoms with Gasteiger partial charge >= 0.3 is 0 Å². The lowest BCUT2D eigenvalue weighted by molar-refractivity contribution is -0.118. The fourth-order valence-electron chi connectivity index (χ4n) is 2.53. The molecule has 0 saturated carbocycles. The zero-order chi connectivity index (χ0) is 16.4. The smallest absolute Gasteiger partial charge is 0.251 e. The maximum Gasteiger partial charge on any atom is 0.251 e. The first-order chi connectivity index (χ1) is 11.0. The lowest BCUT2D eigenvalue weighted by Gasteiger charge is -2.17. The Bertz CT molecular complexity index is 731. The van der Waals surface area contributed by atoms with E-state index in [1.54, 1.807) is 41.3 Å². The summed E-state index contributed by atoms with van der Waals surface area (Å²) in [6, 6.07) is 12.1. The molecular formula is C17H14BrFN2O2. The summed E-state index contributed by atoms with van der Waals surface area (Å²) in [5.41, 5.74) is 1.14. The predicted octanol–water partition coefficient (Wildman–Crippen LogP) is 3.12. The van der Waals surface area contributed by atoms with Crippen molar-refractivity contribution in [2.45, 2.75) is 12.5 Å². The molecule has 1 aliphatic rings. The van der Waals surface area contributed by atoms with Crippen molar-refractivity contribution in [2.24, 2.45) is 0 Å². The average Bonchev–Trinajstić information content (AvgIpc) is 2.90. The van der Waals surface area contributed by atoms with Crippen LogP contribution in [0.1, 0.15) is 16.8 Å². The number of halogens is 2. The molecule has 6 heteroatoms. The second-order valence-electron chi connectivity index (χ2n) is 5.29. The van der Waals surface area contributed by atoms with Crippen molar-refractivity contribution in [2.75, 3.05) is 11.4 Å². The number of nitrogens with zero attached hydrogens (tertiary/aromatic N) is 1. The topological polar surface area (TPSA) is 49.4 Å². The van der Waals surface area contributed by atoms with Gasteiger partial charge in [-0.15, -0.1) is 0 Å². The van der Waals surface area contributed by atoms with Crippen molar-refractivity contribution in [3.05, 3.63) is 64.4 Å². The van der Waals surface area contributed by atoms with Crippen LogP contribution in [0.3, 0.4) is 0 Å². The molecule has 1 saturated heterocycles. The van der Waals surface area contributed by atoms with Gasteiger partial charge in [-0.05, 0) is 55.0 Å². The molecule has 1 unspecified atom stereocenters. The van der Waals surface area contributed by atoms with Crippen LogP contribution < -0.4 is 10.2 Å². The van der Waals surface area contributed by atoms with Gasteiger partial charge in [-0.25, -0.2) is 4.39 Å². The molecule has 1 fully saturated rings. The molecule has 4 nitrogen and oxygen atoms in total. The lowest BCUT2D eigenvalue weighted by atomic mass is 10.2. The van der Waals surface area contributed by atoms with Gasteiger partial charge in [0.05, 0.1) is 0 Å². The van der Waals surface area contributed by atoms with Gasteiger partial charge in [-0.3, -0.25) is 9.59 Å². The van der Waals surface area contributed by atoms with Crippen molar-refractivity contribution in [3.8, 4) is 0 Å². The van der Waals surface area contributed by atoms with Crippen LogP contribution in [0, 0.1) is 5.82 Å². The molecule has 1 aliphatic heterocycles. The summed E-state index contributed by atoms with van der Waals surface area (Å²) in [5, 5.41) is 2.76. The average molecular weight is 377 g/mol. The van der Waals surface area contributed by atoms with Crippen LogP contribution in [0.15, 0.2) is 53.0 Å². The van der Waals surface area contributed by atoms with Crippen LogP contribution >= 0.6 is 15.9 Å². The highest BCUT2D eigenvalue weighted by atomic mass is 79.9. The van der Waals surface area contributed by atoms with Crippen molar-refractivity contribution in [1.82, 2.24) is 5.32 Å². The highest BCUT2D eigenvalue weighted by Crippen LogP contribution is 2.22. The number of nitrogens with one attached hydrogen (secondary N) is 1. The Morgan fingerprint density at radius 2 is 1.78 bits per heavy atom. The molecule has 118 valence electrons. The van der Waals surface area contributed by atoms with Gasteiger partial charge < -0.3 is 10.2 Å². The number of amides is 2. The van der Waals surface area contributed by atoms with Gasteiger partial charge in [0, 0.05) is 22.3 Å². The quantitative estimate of drug-likeness (QED) is 0.894. The third kappa shape index (κ3) is 3.42. The summed E-state index contributed by atoms with van der Waals surface area (Å²) in [6.45, 7) is 0.496. The van der Waals surface area contributed by atoms with E-state index >= 15 is 0 Å². The third-order valence-electron chi connectivity index (χ3n) is 3.76. The molecule has 1 N–H and O–H groups in total. The number of anilines is 1. The van der Waals surface area contributed by atoms with Crippen molar-refractivity contribution >= 4 is 33.4 Å². The monoisotopic (exact) mass is 376 g/mol. The number of carbonyl (C=O) groups excluding carboxylic acids is 2. The van der Waals surface area contributed by atoms with E-state index in [1.807, 2.05) is 0 Å². The van der Waals surface area contributed by atoms with Gasteiger partial charge in [-0.1, -0.05) is 15.9 Å². The highest BCUT2D eigenvalue weighted by molar-refractivity contribution is 9.10. The molecule has 0 bridgehead atoms. The summed E-state index contributed by atoms with van der Waals surface area (Å²) in [6.07, 6.45) is 0.526. The molecule has 2 amide bonds. The Labute approximate surface area is 141 Å². The van der Waals surface area contributed by atoms with Crippen LogP contribution in [-0.2, 0) is 4.79 Å². The normalized spacial score (nSPS) is 17.4. The van der Waals surface area contributed by atoms with Crippen molar-refractivity contribution in [1.29, 1.82) is 0 Å². The Balaban J connectivity index is 1.68. The number of benzene rings is 2. The summed E-state index contributed by atoms with van der Waals surface area (Å²) in [7, 11) is 0. The van der Waals surface area contributed by atoms with E-state index in [9.17, 15) is 14.0 Å². The third-order valence-corrected chi connectivity index (χ3v) is 4.28. The van der Waals surface area contributed by atoms with Gasteiger partial charge in [-0.2, -0.15) is 0 Å². The Morgan fingerprint density at radius 1 is 1.13 bits per heavy atom. The molecule has 2 aromatic carbocycles. The number of carbonyl (C=O) groups is 2. The van der Waals surface area contributed by atoms with Gasteiger partial charge in [0.1, 0.15) is 11.9 Å². The molecule has 0 spiro atoms. The van der Waals surface area contributed by atoms with Crippen molar-refractivity contribution in [3.63, 3.8) is 0 Å². The molecule has 0 radical (unpaired) electrons. The van der Waals surface area contributed by atoms with E-state index in [4.69, 9.17) is 0 Å². The minimum Gasteiger partial charge on any atom is -0.340 e. The van der Waals surface area contributed by atoms with Gasteiger partial charge in [0.15, 0.2) is 0 Å². The van der Waals surface area contributed by atoms with Crippen LogP contribution in [0.2, 0.25) is 0 Å². The molecule has 1 atom stereocenters. The van der Waals surface area contributed by atoms with Crippen LogP contribution in [0.25, 0.3) is 0 Å². The minimum absolute atomic E-state index is 0.179. The maximum absolute atomic E-state index is 13.0. The molecule has 23 heavy (non-hydrogen) atoms. The summed E-state index contributed by atoms with van der Waals surface area (Å²) < 4.78 is 13.9. The second-order valence-corrected chi connectivity index (χ2v) is 6.20. The minimum atomic E-state index is -0.559. The number of hydrogen-bond acceptors (Lipinski definition) is 2. The standard InChI is InChI=1S/C17H14BrFN2O2/c18-12-3-1-11(2-4-12)16(22)20-15-9-10-21(17(15)23)14-7-5-13(19)6-8-14/h1-8,15H,9-10H2,(H,20,22). The molecule has 1 heterocycles. The SMILES string of the molecule is O=C(NC1CCN(c2ccc(F)cc2)C1=O)c1ccc(Br)cc1. The Hall–Kier alpha value is -2.21. The Morgan fingerprint density at radius 3 is 2.43 bits per heavy atom. The van der Waals surface area contributed by atoms with E-state index in [0.29, 0.717) is 24.2 Å². The molecule has 3 rings (SSSR count). The molecular weight excluding hydrogens is 363 g/mol. The van der Waals surface area contributed by atoms with E-state index < -0.39 is 6.04 Å². The lowest BCUT2D eigenvalue weighted by Crippen LogP contribution is -2.41. The Kier molecular flexibility index (Phi) is 4.43. The van der Waals surface area contributed by atoms with Crippen LogP contribution in [0.4, 0.5) is 10.1 Å². The highest BCUT2D eigenvalue weighted by Gasteiger charge is 2.33. The molecule has 0 aromatic heterocycles. The molecule has 0 aliphatic carbocycles. The van der Waals surface area contributed by atoms with E-state index in [2.05, 4.69) is 21.2 Å². The fourth-order valence-corrected chi connectivity index (χ4v) is 2.80. The first-order valence-corrected chi connectivity index (χ1v) is 7.97. The first kappa shape index (κ1) is 15.7. The van der Waals surface area contributed by atoms with E-state index in [-0.39, 0.29) is 17.6 Å². The fraction of sp³-hybridized carbons (Fsp3) is 0.176. The van der Waals surface area contributed by atoms with E-state index in [1.165, 1.54) is 12.1 Å². The zero-order valence-electron chi connectivity index (χ0n) is 12.1. The zero-order valence-corrected chi connectivity index (χ0v) is 13.7.